The lowest BCUT2D eigenvalue weighted by molar-refractivity contribution is -0.132. The number of nitrogens with zero attached hydrogens (tertiary/aromatic N) is 3. The third-order valence-corrected chi connectivity index (χ3v) is 6.41. The maximum absolute atomic E-state index is 12.5. The van der Waals surface area contributed by atoms with Gasteiger partial charge in [0.25, 0.3) is 5.91 Å². The van der Waals surface area contributed by atoms with Crippen LogP contribution in [-0.2, 0) is 11.2 Å². The summed E-state index contributed by atoms with van der Waals surface area (Å²) in [6.45, 7) is 2.45. The van der Waals surface area contributed by atoms with Gasteiger partial charge in [-0.05, 0) is 43.5 Å². The van der Waals surface area contributed by atoms with Crippen LogP contribution >= 0.6 is 11.3 Å². The van der Waals surface area contributed by atoms with E-state index in [-0.39, 0.29) is 11.8 Å². The first-order valence-electron chi connectivity index (χ1n) is 10.2. The molecule has 29 heavy (non-hydrogen) atoms. The number of aryl methyl sites for hydroxylation is 1. The maximum atomic E-state index is 12.5. The quantitative estimate of drug-likeness (QED) is 0.581. The monoisotopic (exact) mass is 407 g/mol. The van der Waals surface area contributed by atoms with Gasteiger partial charge in [-0.2, -0.15) is 0 Å². The van der Waals surface area contributed by atoms with E-state index in [4.69, 9.17) is 0 Å². The van der Waals surface area contributed by atoms with Crippen molar-refractivity contribution in [3.63, 3.8) is 0 Å². The van der Waals surface area contributed by atoms with Gasteiger partial charge in [-0.3, -0.25) is 9.59 Å². The fourth-order valence-corrected chi connectivity index (χ4v) is 4.67. The van der Waals surface area contributed by atoms with Crippen LogP contribution < -0.4 is 0 Å². The standard InChI is InChI=1S/C23H25N3O2S/c27-22(13-7-6-12-21-24-19-10-4-5-11-20(19)29-21)25-14-16-26(17-15-25)23(28)18-8-2-1-3-9-18/h1-5,8-11H,6-7,12-17H2. The van der Waals surface area contributed by atoms with Crippen molar-refractivity contribution < 1.29 is 9.59 Å². The van der Waals surface area contributed by atoms with Gasteiger partial charge < -0.3 is 9.80 Å². The largest absolute Gasteiger partial charge is 0.339 e. The second kappa shape index (κ2) is 9.18. The average molecular weight is 408 g/mol. The van der Waals surface area contributed by atoms with Gasteiger partial charge in [-0.15, -0.1) is 11.3 Å². The van der Waals surface area contributed by atoms with Crippen molar-refractivity contribution in [2.75, 3.05) is 26.2 Å². The highest BCUT2D eigenvalue weighted by molar-refractivity contribution is 7.18. The van der Waals surface area contributed by atoms with Crippen LogP contribution in [0.1, 0.15) is 34.6 Å². The van der Waals surface area contributed by atoms with Gasteiger partial charge in [-0.1, -0.05) is 30.3 Å². The van der Waals surface area contributed by atoms with Crippen LogP contribution in [0, 0.1) is 0 Å². The molecule has 6 heteroatoms. The molecule has 2 aromatic carbocycles. The van der Waals surface area contributed by atoms with E-state index < -0.39 is 0 Å². The molecular formula is C23H25N3O2S. The first-order chi connectivity index (χ1) is 14.2. The molecule has 1 saturated heterocycles. The fraction of sp³-hybridized carbons (Fsp3) is 0.348. The summed E-state index contributed by atoms with van der Waals surface area (Å²) in [6, 6.07) is 17.5. The average Bonchev–Trinajstić information content (AvgIpc) is 3.20. The number of thiazole rings is 1. The zero-order valence-corrected chi connectivity index (χ0v) is 17.2. The highest BCUT2D eigenvalue weighted by Gasteiger charge is 2.24. The van der Waals surface area contributed by atoms with Crippen molar-refractivity contribution in [2.45, 2.75) is 25.7 Å². The highest BCUT2D eigenvalue weighted by atomic mass is 32.1. The molecule has 1 aliphatic heterocycles. The number of aromatic nitrogens is 1. The second-order valence-corrected chi connectivity index (χ2v) is 8.44. The van der Waals surface area contributed by atoms with Gasteiger partial charge in [0, 0.05) is 38.2 Å². The second-order valence-electron chi connectivity index (χ2n) is 7.32. The van der Waals surface area contributed by atoms with Crippen LogP contribution in [0.3, 0.4) is 0 Å². The number of piperazine rings is 1. The van der Waals surface area contributed by atoms with E-state index in [1.165, 1.54) is 4.70 Å². The summed E-state index contributed by atoms with van der Waals surface area (Å²) in [4.78, 5) is 33.4. The minimum Gasteiger partial charge on any atom is -0.339 e. The topological polar surface area (TPSA) is 53.5 Å². The van der Waals surface area contributed by atoms with E-state index in [2.05, 4.69) is 11.1 Å². The van der Waals surface area contributed by atoms with Crippen molar-refractivity contribution >= 4 is 33.4 Å². The molecule has 150 valence electrons. The van der Waals surface area contributed by atoms with Crippen LogP contribution in [0.15, 0.2) is 54.6 Å². The maximum Gasteiger partial charge on any atom is 0.253 e. The number of para-hydroxylation sites is 1. The molecule has 3 aromatic rings. The van der Waals surface area contributed by atoms with Crippen LogP contribution in [-0.4, -0.2) is 52.8 Å². The molecule has 1 aliphatic rings. The van der Waals surface area contributed by atoms with E-state index in [1.54, 1.807) is 11.3 Å². The molecule has 0 radical (unpaired) electrons. The molecule has 5 nitrogen and oxygen atoms in total. The lowest BCUT2D eigenvalue weighted by Crippen LogP contribution is -2.50. The summed E-state index contributed by atoms with van der Waals surface area (Å²) < 4.78 is 1.22. The van der Waals surface area contributed by atoms with Crippen LogP contribution in [0.4, 0.5) is 0 Å². The van der Waals surface area contributed by atoms with Crippen molar-refractivity contribution in [3.05, 3.63) is 65.2 Å². The Balaban J connectivity index is 1.18. The molecule has 1 fully saturated rings. The Morgan fingerprint density at radius 1 is 0.862 bits per heavy atom. The van der Waals surface area contributed by atoms with Crippen molar-refractivity contribution in [1.82, 2.24) is 14.8 Å². The van der Waals surface area contributed by atoms with Gasteiger partial charge in [0.05, 0.1) is 15.2 Å². The summed E-state index contributed by atoms with van der Waals surface area (Å²) in [5.41, 5.74) is 1.77. The third kappa shape index (κ3) is 4.82. The first kappa shape index (κ1) is 19.6. The van der Waals surface area contributed by atoms with E-state index in [0.717, 1.165) is 29.8 Å². The van der Waals surface area contributed by atoms with Gasteiger partial charge in [0.2, 0.25) is 5.91 Å². The SMILES string of the molecule is O=C(CCCCc1nc2ccccc2s1)N1CCN(C(=O)c2ccccc2)CC1. The molecule has 4 rings (SSSR count). The van der Waals surface area contributed by atoms with Crippen LogP contribution in [0.25, 0.3) is 10.2 Å². The minimum atomic E-state index is 0.0496. The molecule has 0 saturated carbocycles. The lowest BCUT2D eigenvalue weighted by atomic mass is 10.1. The Morgan fingerprint density at radius 3 is 2.31 bits per heavy atom. The smallest absolute Gasteiger partial charge is 0.253 e. The Hall–Kier alpha value is -2.73. The molecule has 2 amide bonds. The third-order valence-electron chi connectivity index (χ3n) is 5.31. The van der Waals surface area contributed by atoms with E-state index >= 15 is 0 Å². The highest BCUT2D eigenvalue weighted by Crippen LogP contribution is 2.23. The number of hydrogen-bond acceptors (Lipinski definition) is 4. The van der Waals surface area contributed by atoms with Crippen molar-refractivity contribution in [1.29, 1.82) is 0 Å². The number of hydrogen-bond donors (Lipinski definition) is 0. The molecule has 0 aliphatic carbocycles. The summed E-state index contributed by atoms with van der Waals surface area (Å²) in [5, 5.41) is 1.15. The van der Waals surface area contributed by atoms with Gasteiger partial charge in [-0.25, -0.2) is 4.98 Å². The Morgan fingerprint density at radius 2 is 1.55 bits per heavy atom. The van der Waals surface area contributed by atoms with Gasteiger partial charge >= 0.3 is 0 Å². The number of fused-ring (bicyclic) bond motifs is 1. The molecule has 0 bridgehead atoms. The Bertz CT molecular complexity index is 945. The normalized spacial score (nSPS) is 14.3. The number of rotatable bonds is 6. The van der Waals surface area contributed by atoms with Crippen LogP contribution in [0.2, 0.25) is 0 Å². The Kier molecular flexibility index (Phi) is 6.20. The molecule has 1 aromatic heterocycles. The summed E-state index contributed by atoms with van der Waals surface area (Å²) in [5.74, 6) is 0.245. The zero-order chi connectivity index (χ0) is 20.1. The zero-order valence-electron chi connectivity index (χ0n) is 16.4. The van der Waals surface area contributed by atoms with E-state index in [0.29, 0.717) is 38.2 Å². The number of carbonyl (C=O) groups excluding carboxylic acids is 2. The lowest BCUT2D eigenvalue weighted by Gasteiger charge is -2.35. The van der Waals surface area contributed by atoms with E-state index in [9.17, 15) is 9.59 Å². The van der Waals surface area contributed by atoms with E-state index in [1.807, 2.05) is 58.3 Å². The predicted octanol–water partition coefficient (Wildman–Crippen LogP) is 3.99. The van der Waals surface area contributed by atoms with Crippen LogP contribution in [0.5, 0.6) is 0 Å². The number of benzene rings is 2. The molecule has 0 N–H and O–H groups in total. The van der Waals surface area contributed by atoms with Gasteiger partial charge in [0.1, 0.15) is 0 Å². The number of unbranched alkanes of at least 4 members (excludes halogenated alkanes) is 1. The van der Waals surface area contributed by atoms with Crippen molar-refractivity contribution in [3.8, 4) is 0 Å². The molecule has 0 unspecified atom stereocenters. The summed E-state index contributed by atoms with van der Waals surface area (Å²) in [7, 11) is 0. The summed E-state index contributed by atoms with van der Waals surface area (Å²) in [6.07, 6.45) is 3.33. The molecule has 0 atom stereocenters. The predicted molar refractivity (Wildman–Crippen MR) is 116 cm³/mol. The fourth-order valence-electron chi connectivity index (χ4n) is 3.66. The van der Waals surface area contributed by atoms with Crippen molar-refractivity contribution in [2.24, 2.45) is 0 Å². The summed E-state index contributed by atoms with van der Waals surface area (Å²) >= 11 is 1.74. The minimum absolute atomic E-state index is 0.0496. The Labute approximate surface area is 175 Å². The molecule has 0 spiro atoms. The number of amides is 2. The first-order valence-corrected chi connectivity index (χ1v) is 11.0. The number of carbonyl (C=O) groups is 2. The van der Waals surface area contributed by atoms with Gasteiger partial charge in [0.15, 0.2) is 0 Å². The molecule has 2 heterocycles. The molecular weight excluding hydrogens is 382 g/mol.